The van der Waals surface area contributed by atoms with Gasteiger partial charge in [-0.3, -0.25) is 9.59 Å². The molecule has 3 rings (SSSR count). The molecule has 1 aliphatic rings. The molecule has 0 spiro atoms. The lowest BCUT2D eigenvalue weighted by Crippen LogP contribution is -2.32. The van der Waals surface area contributed by atoms with Crippen molar-refractivity contribution in [2.75, 3.05) is 18.5 Å². The van der Waals surface area contributed by atoms with Crippen molar-refractivity contribution < 1.29 is 23.5 Å². The van der Waals surface area contributed by atoms with Gasteiger partial charge in [0.1, 0.15) is 18.2 Å². The van der Waals surface area contributed by atoms with Gasteiger partial charge in [0.15, 0.2) is 6.61 Å². The molecule has 1 aliphatic heterocycles. The van der Waals surface area contributed by atoms with Gasteiger partial charge in [0.2, 0.25) is 0 Å². The molecule has 0 aliphatic carbocycles. The number of hydrogen-bond acceptors (Lipinski definition) is 4. The van der Waals surface area contributed by atoms with Gasteiger partial charge >= 0.3 is 5.97 Å². The van der Waals surface area contributed by atoms with Crippen LogP contribution in [0.1, 0.15) is 5.56 Å². The number of nitrogens with one attached hydrogen (secondary N) is 1. The second-order valence-corrected chi connectivity index (χ2v) is 6.07. The van der Waals surface area contributed by atoms with Gasteiger partial charge in [0, 0.05) is 10.7 Å². The van der Waals surface area contributed by atoms with Gasteiger partial charge in [0.25, 0.3) is 5.91 Å². The Morgan fingerprint density at radius 2 is 2.12 bits per heavy atom. The summed E-state index contributed by atoms with van der Waals surface area (Å²) < 4.78 is 23.6. The largest absolute Gasteiger partial charge is 0.492 e. The van der Waals surface area contributed by atoms with E-state index in [1.807, 2.05) is 0 Å². The average molecular weight is 364 g/mol. The highest BCUT2D eigenvalue weighted by Gasteiger charge is 2.28. The van der Waals surface area contributed by atoms with Gasteiger partial charge in [-0.15, -0.1) is 0 Å². The molecule has 0 saturated heterocycles. The molecule has 2 aromatic rings. The van der Waals surface area contributed by atoms with Crippen molar-refractivity contribution in [1.29, 1.82) is 0 Å². The normalized spacial score (nSPS) is 15.7. The minimum absolute atomic E-state index is 0.180. The third kappa shape index (κ3) is 4.48. The third-order valence-corrected chi connectivity index (χ3v) is 3.95. The van der Waals surface area contributed by atoms with Crippen molar-refractivity contribution in [3.8, 4) is 5.75 Å². The van der Waals surface area contributed by atoms with Crippen LogP contribution in [0.15, 0.2) is 42.5 Å². The van der Waals surface area contributed by atoms with Crippen molar-refractivity contribution in [1.82, 2.24) is 0 Å². The number of ether oxygens (including phenoxy) is 2. The quantitative estimate of drug-likeness (QED) is 0.847. The summed E-state index contributed by atoms with van der Waals surface area (Å²) in [7, 11) is 0. The fourth-order valence-electron chi connectivity index (χ4n) is 2.53. The average Bonchev–Trinajstić information content (AvgIpc) is 2.59. The number of carbonyl (C=O) groups excluding carboxylic acids is 2. The molecule has 130 valence electrons. The predicted molar refractivity (Wildman–Crippen MR) is 90.1 cm³/mol. The standard InChI is InChI=1S/C18H15ClFNO4/c19-13-4-5-16-11(7-13)6-12(9-24-16)18(23)25-10-17(22)21-15-3-1-2-14(20)8-15/h1-5,7-8,12H,6,9-10H2,(H,21,22)/t12-/m0/s1. The summed E-state index contributed by atoms with van der Waals surface area (Å²) in [4.78, 5) is 23.9. The van der Waals surface area contributed by atoms with E-state index >= 15 is 0 Å². The minimum atomic E-state index is -0.542. The van der Waals surface area contributed by atoms with Crippen molar-refractivity contribution in [2.24, 2.45) is 5.92 Å². The highest BCUT2D eigenvalue weighted by Crippen LogP contribution is 2.30. The monoisotopic (exact) mass is 363 g/mol. The third-order valence-electron chi connectivity index (χ3n) is 3.72. The van der Waals surface area contributed by atoms with E-state index in [2.05, 4.69) is 5.32 Å². The zero-order chi connectivity index (χ0) is 17.8. The molecule has 2 aromatic carbocycles. The topological polar surface area (TPSA) is 64.6 Å². The number of rotatable bonds is 4. The Balaban J connectivity index is 1.52. The summed E-state index contributed by atoms with van der Waals surface area (Å²) in [5.74, 6) is -1.35. The van der Waals surface area contributed by atoms with Gasteiger partial charge in [-0.25, -0.2) is 4.39 Å². The second-order valence-electron chi connectivity index (χ2n) is 5.63. The summed E-state index contributed by atoms with van der Waals surface area (Å²) >= 11 is 5.94. The van der Waals surface area contributed by atoms with Crippen molar-refractivity contribution in [2.45, 2.75) is 6.42 Å². The van der Waals surface area contributed by atoms with E-state index < -0.39 is 30.2 Å². The molecule has 0 bridgehead atoms. The lowest BCUT2D eigenvalue weighted by atomic mass is 9.97. The Labute approximate surface area is 148 Å². The predicted octanol–water partition coefficient (Wildman–Crippen LogP) is 3.21. The van der Waals surface area contributed by atoms with Crippen LogP contribution >= 0.6 is 11.6 Å². The van der Waals surface area contributed by atoms with E-state index in [9.17, 15) is 14.0 Å². The van der Waals surface area contributed by atoms with E-state index in [1.165, 1.54) is 18.2 Å². The smallest absolute Gasteiger partial charge is 0.313 e. The second kappa shape index (κ2) is 7.53. The molecule has 5 nitrogen and oxygen atoms in total. The number of amides is 1. The van der Waals surface area contributed by atoms with Crippen LogP contribution in [0.4, 0.5) is 10.1 Å². The van der Waals surface area contributed by atoms with Crippen molar-refractivity contribution >= 4 is 29.2 Å². The number of hydrogen-bond donors (Lipinski definition) is 1. The minimum Gasteiger partial charge on any atom is -0.492 e. The van der Waals surface area contributed by atoms with Crippen LogP contribution in [0.3, 0.4) is 0 Å². The number of esters is 1. The van der Waals surface area contributed by atoms with Crippen LogP contribution in [0.5, 0.6) is 5.75 Å². The molecule has 0 aromatic heterocycles. The fourth-order valence-corrected chi connectivity index (χ4v) is 2.73. The molecule has 1 heterocycles. The zero-order valence-corrected chi connectivity index (χ0v) is 13.9. The molecule has 0 saturated carbocycles. The molecule has 0 fully saturated rings. The number of benzene rings is 2. The maximum absolute atomic E-state index is 13.1. The molecular weight excluding hydrogens is 349 g/mol. The number of carbonyl (C=O) groups is 2. The van der Waals surface area contributed by atoms with Crippen molar-refractivity contribution in [3.05, 3.63) is 58.9 Å². The van der Waals surface area contributed by atoms with Crippen LogP contribution in [-0.2, 0) is 20.7 Å². The molecular formula is C18H15ClFNO4. The summed E-state index contributed by atoms with van der Waals surface area (Å²) in [6.45, 7) is -0.271. The first-order chi connectivity index (χ1) is 12.0. The molecule has 1 N–H and O–H groups in total. The highest BCUT2D eigenvalue weighted by atomic mass is 35.5. The Bertz CT molecular complexity index is 811. The van der Waals surface area contributed by atoms with Gasteiger partial charge in [0.05, 0.1) is 5.92 Å². The molecule has 0 unspecified atom stereocenters. The first-order valence-corrected chi connectivity index (χ1v) is 8.02. The van der Waals surface area contributed by atoms with Gasteiger partial charge in [-0.05, 0) is 48.4 Å². The molecule has 1 amide bonds. The molecule has 25 heavy (non-hydrogen) atoms. The lowest BCUT2D eigenvalue weighted by molar-refractivity contribution is -0.152. The van der Waals surface area contributed by atoms with Gasteiger partial charge in [-0.1, -0.05) is 17.7 Å². The highest BCUT2D eigenvalue weighted by molar-refractivity contribution is 6.30. The van der Waals surface area contributed by atoms with E-state index in [0.29, 0.717) is 22.9 Å². The van der Waals surface area contributed by atoms with Crippen LogP contribution in [-0.4, -0.2) is 25.1 Å². The molecule has 1 atom stereocenters. The van der Waals surface area contributed by atoms with Crippen LogP contribution < -0.4 is 10.1 Å². The summed E-state index contributed by atoms with van der Waals surface area (Å²) in [6.07, 6.45) is 0.431. The summed E-state index contributed by atoms with van der Waals surface area (Å²) in [5, 5.41) is 3.02. The number of fused-ring (bicyclic) bond motifs is 1. The summed E-state index contributed by atoms with van der Waals surface area (Å²) in [5.41, 5.74) is 1.12. The SMILES string of the molecule is O=C(COC(=O)[C@@H]1COc2ccc(Cl)cc2C1)Nc1cccc(F)c1. The number of halogens is 2. The Hall–Kier alpha value is -2.60. The zero-order valence-electron chi connectivity index (χ0n) is 13.1. The van der Waals surface area contributed by atoms with E-state index in [1.54, 1.807) is 24.3 Å². The van der Waals surface area contributed by atoms with E-state index in [-0.39, 0.29) is 6.61 Å². The maximum atomic E-state index is 13.1. The first kappa shape index (κ1) is 17.2. The van der Waals surface area contributed by atoms with Crippen LogP contribution in [0.25, 0.3) is 0 Å². The van der Waals surface area contributed by atoms with Gasteiger partial charge < -0.3 is 14.8 Å². The molecule has 7 heteroatoms. The van der Waals surface area contributed by atoms with Crippen molar-refractivity contribution in [3.63, 3.8) is 0 Å². The number of anilines is 1. The Kier molecular flexibility index (Phi) is 5.19. The lowest BCUT2D eigenvalue weighted by Gasteiger charge is -2.24. The summed E-state index contributed by atoms with van der Waals surface area (Å²) in [6, 6.07) is 10.7. The van der Waals surface area contributed by atoms with E-state index in [4.69, 9.17) is 21.1 Å². The van der Waals surface area contributed by atoms with Crippen LogP contribution in [0.2, 0.25) is 5.02 Å². The van der Waals surface area contributed by atoms with Crippen LogP contribution in [0, 0.1) is 11.7 Å². The first-order valence-electron chi connectivity index (χ1n) is 7.64. The van der Waals surface area contributed by atoms with E-state index in [0.717, 1.165) is 5.56 Å². The van der Waals surface area contributed by atoms with Gasteiger partial charge in [-0.2, -0.15) is 0 Å². The Morgan fingerprint density at radius 3 is 2.92 bits per heavy atom. The Morgan fingerprint density at radius 1 is 1.28 bits per heavy atom. The fraction of sp³-hybridized carbons (Fsp3) is 0.222. The maximum Gasteiger partial charge on any atom is 0.313 e. The molecule has 0 radical (unpaired) electrons.